The van der Waals surface area contributed by atoms with Gasteiger partial charge in [0.25, 0.3) is 5.91 Å². The van der Waals surface area contributed by atoms with Crippen molar-refractivity contribution < 1.29 is 14.7 Å². The summed E-state index contributed by atoms with van der Waals surface area (Å²) in [5.74, 6) is -1.74. The van der Waals surface area contributed by atoms with Crippen molar-refractivity contribution in [1.82, 2.24) is 4.98 Å². The number of rotatable bonds is 4. The Morgan fingerprint density at radius 3 is 2.75 bits per heavy atom. The van der Waals surface area contributed by atoms with Crippen LogP contribution in [0.25, 0.3) is 0 Å². The zero-order chi connectivity index (χ0) is 14.7. The third-order valence-corrected chi connectivity index (χ3v) is 3.85. The molecular weight excluding hydrogens is 280 g/mol. The molecule has 0 aromatic carbocycles. The van der Waals surface area contributed by atoms with E-state index < -0.39 is 17.3 Å². The molecule has 0 radical (unpaired) electrons. The average molecular weight is 292 g/mol. The number of carbonyl (C=O) groups excluding carboxylic acids is 1. The van der Waals surface area contributed by atoms with Crippen LogP contribution in [0.5, 0.6) is 0 Å². The molecule has 2 aromatic rings. The lowest BCUT2D eigenvalue weighted by Gasteiger charge is -2.03. The number of anilines is 1. The third-order valence-electron chi connectivity index (χ3n) is 2.66. The number of thiophene rings is 1. The summed E-state index contributed by atoms with van der Waals surface area (Å²) in [5.41, 5.74) is -0.451. The number of aryl methyl sites for hydroxylation is 1. The molecule has 3 N–H and O–H groups in total. The first kappa shape index (κ1) is 14.0. The Bertz CT molecular complexity index is 717. The van der Waals surface area contributed by atoms with Crippen LogP contribution in [0.3, 0.4) is 0 Å². The summed E-state index contributed by atoms with van der Waals surface area (Å²) in [6.45, 7) is 1.89. The van der Waals surface area contributed by atoms with Gasteiger partial charge in [-0.3, -0.25) is 9.59 Å². The Hall–Kier alpha value is -2.41. The lowest BCUT2D eigenvalue weighted by atomic mass is 10.2. The number of aromatic amines is 1. The molecule has 2 heterocycles. The number of carbonyl (C=O) groups is 2. The van der Waals surface area contributed by atoms with Gasteiger partial charge in [0.15, 0.2) is 5.43 Å². The number of aromatic nitrogens is 1. The second-order valence-corrected chi connectivity index (χ2v) is 5.13. The highest BCUT2D eigenvalue weighted by atomic mass is 32.1. The number of pyridine rings is 1. The molecule has 7 heteroatoms. The minimum absolute atomic E-state index is 0.0348. The monoisotopic (exact) mass is 292 g/mol. The van der Waals surface area contributed by atoms with E-state index in [1.807, 2.05) is 6.92 Å². The van der Waals surface area contributed by atoms with E-state index in [0.29, 0.717) is 6.42 Å². The Kier molecular flexibility index (Phi) is 3.99. The fraction of sp³-hybridized carbons (Fsp3) is 0.154. The molecule has 0 saturated carbocycles. The largest absolute Gasteiger partial charge is 0.478 e. The highest BCUT2D eigenvalue weighted by Crippen LogP contribution is 2.28. The first-order valence-corrected chi connectivity index (χ1v) is 6.69. The quantitative estimate of drug-likeness (QED) is 0.802. The summed E-state index contributed by atoms with van der Waals surface area (Å²) in [5, 5.41) is 11.8. The molecule has 0 spiro atoms. The highest BCUT2D eigenvalue weighted by molar-refractivity contribution is 7.16. The first-order chi connectivity index (χ1) is 9.52. The second-order valence-electron chi connectivity index (χ2n) is 3.99. The molecule has 2 aromatic heterocycles. The maximum Gasteiger partial charge on any atom is 0.338 e. The van der Waals surface area contributed by atoms with Gasteiger partial charge in [-0.1, -0.05) is 6.92 Å². The number of hydrogen-bond donors (Lipinski definition) is 3. The van der Waals surface area contributed by atoms with Crippen LogP contribution in [0.4, 0.5) is 5.00 Å². The topological polar surface area (TPSA) is 99.3 Å². The summed E-state index contributed by atoms with van der Waals surface area (Å²) in [7, 11) is 0. The standard InChI is InChI=1S/C13H12N2O4S/c1-2-7-5-8(13(18)19)12(20-7)15-11(17)9-6-14-4-3-10(9)16/h3-6H,2H2,1H3,(H,14,16)(H,15,17)(H,18,19). The number of carboxylic acid groups (broad SMARTS) is 1. The molecule has 0 aliphatic carbocycles. The molecule has 0 fully saturated rings. The first-order valence-electron chi connectivity index (χ1n) is 5.87. The van der Waals surface area contributed by atoms with E-state index in [4.69, 9.17) is 5.11 Å². The Morgan fingerprint density at radius 2 is 2.15 bits per heavy atom. The molecule has 0 saturated heterocycles. The maximum absolute atomic E-state index is 12.0. The van der Waals surface area contributed by atoms with E-state index in [2.05, 4.69) is 10.3 Å². The van der Waals surface area contributed by atoms with Gasteiger partial charge in [0.2, 0.25) is 0 Å². The molecule has 0 unspecified atom stereocenters. The van der Waals surface area contributed by atoms with Crippen LogP contribution < -0.4 is 10.7 Å². The lowest BCUT2D eigenvalue weighted by Crippen LogP contribution is -2.21. The van der Waals surface area contributed by atoms with Crippen molar-refractivity contribution in [3.8, 4) is 0 Å². The zero-order valence-electron chi connectivity index (χ0n) is 10.6. The highest BCUT2D eigenvalue weighted by Gasteiger charge is 2.18. The summed E-state index contributed by atoms with van der Waals surface area (Å²) >= 11 is 1.19. The Labute approximate surface area is 118 Å². The fourth-order valence-corrected chi connectivity index (χ4v) is 2.62. The number of amides is 1. The van der Waals surface area contributed by atoms with Gasteiger partial charge in [0.1, 0.15) is 10.6 Å². The van der Waals surface area contributed by atoms with Crippen LogP contribution in [-0.2, 0) is 6.42 Å². The molecule has 1 amide bonds. The average Bonchev–Trinajstić information content (AvgIpc) is 2.82. The number of aromatic carboxylic acids is 1. The Balaban J connectivity index is 2.33. The fourth-order valence-electron chi connectivity index (χ4n) is 1.63. The van der Waals surface area contributed by atoms with E-state index in [9.17, 15) is 14.4 Å². The van der Waals surface area contributed by atoms with E-state index >= 15 is 0 Å². The molecule has 2 rings (SSSR count). The number of hydrogen-bond acceptors (Lipinski definition) is 4. The van der Waals surface area contributed by atoms with Crippen LogP contribution in [0.15, 0.2) is 29.3 Å². The SMILES string of the molecule is CCc1cc(C(=O)O)c(NC(=O)c2c[nH]ccc2=O)s1. The third kappa shape index (κ3) is 2.77. The van der Waals surface area contributed by atoms with Gasteiger partial charge in [-0.15, -0.1) is 11.3 Å². The van der Waals surface area contributed by atoms with Crippen molar-refractivity contribution in [2.75, 3.05) is 5.32 Å². The van der Waals surface area contributed by atoms with Gasteiger partial charge < -0.3 is 15.4 Å². The maximum atomic E-state index is 12.0. The summed E-state index contributed by atoms with van der Waals surface area (Å²) in [6, 6.07) is 2.76. The van der Waals surface area contributed by atoms with Gasteiger partial charge in [-0.25, -0.2) is 4.79 Å². The van der Waals surface area contributed by atoms with Crippen LogP contribution in [0.1, 0.15) is 32.5 Å². The van der Waals surface area contributed by atoms with Crippen molar-refractivity contribution in [3.05, 3.63) is 50.8 Å². The molecule has 6 nitrogen and oxygen atoms in total. The van der Waals surface area contributed by atoms with Crippen LogP contribution in [0, 0.1) is 0 Å². The van der Waals surface area contributed by atoms with Crippen molar-refractivity contribution >= 4 is 28.2 Å². The number of H-pyrrole nitrogens is 1. The van der Waals surface area contributed by atoms with Crippen LogP contribution in [0.2, 0.25) is 0 Å². The summed E-state index contributed by atoms with van der Waals surface area (Å²) < 4.78 is 0. The summed E-state index contributed by atoms with van der Waals surface area (Å²) in [6.07, 6.45) is 3.38. The smallest absolute Gasteiger partial charge is 0.338 e. The van der Waals surface area contributed by atoms with Crippen LogP contribution in [-0.4, -0.2) is 22.0 Å². The van der Waals surface area contributed by atoms with Crippen molar-refractivity contribution in [2.24, 2.45) is 0 Å². The predicted molar refractivity (Wildman–Crippen MR) is 75.7 cm³/mol. The zero-order valence-corrected chi connectivity index (χ0v) is 11.4. The van der Waals surface area contributed by atoms with Gasteiger partial charge in [0.05, 0.1) is 5.56 Å². The van der Waals surface area contributed by atoms with Crippen molar-refractivity contribution in [2.45, 2.75) is 13.3 Å². The van der Waals surface area contributed by atoms with Gasteiger partial charge in [-0.05, 0) is 12.5 Å². The molecule has 0 aliphatic heterocycles. The molecule has 104 valence electrons. The van der Waals surface area contributed by atoms with E-state index in [1.165, 1.54) is 35.9 Å². The van der Waals surface area contributed by atoms with E-state index in [1.54, 1.807) is 0 Å². The molecule has 0 atom stereocenters. The molecule has 0 aliphatic rings. The molecule has 0 bridgehead atoms. The van der Waals surface area contributed by atoms with Gasteiger partial charge in [0, 0.05) is 23.3 Å². The lowest BCUT2D eigenvalue weighted by molar-refractivity contribution is 0.0698. The molecular formula is C13H12N2O4S. The number of carboxylic acids is 1. The number of nitrogens with one attached hydrogen (secondary N) is 2. The van der Waals surface area contributed by atoms with E-state index in [0.717, 1.165) is 4.88 Å². The summed E-state index contributed by atoms with van der Waals surface area (Å²) in [4.78, 5) is 38.1. The predicted octanol–water partition coefficient (Wildman–Crippen LogP) is 1.95. The second kappa shape index (κ2) is 5.70. The van der Waals surface area contributed by atoms with Gasteiger partial charge >= 0.3 is 5.97 Å². The van der Waals surface area contributed by atoms with Gasteiger partial charge in [-0.2, -0.15) is 0 Å². The normalized spacial score (nSPS) is 10.2. The minimum atomic E-state index is -1.11. The van der Waals surface area contributed by atoms with Crippen molar-refractivity contribution in [3.63, 3.8) is 0 Å². The Morgan fingerprint density at radius 1 is 1.40 bits per heavy atom. The van der Waals surface area contributed by atoms with Crippen molar-refractivity contribution in [1.29, 1.82) is 0 Å². The van der Waals surface area contributed by atoms with E-state index in [-0.39, 0.29) is 16.1 Å². The minimum Gasteiger partial charge on any atom is -0.478 e. The van der Waals surface area contributed by atoms with Crippen LogP contribution >= 0.6 is 11.3 Å². The molecule has 20 heavy (non-hydrogen) atoms.